The van der Waals surface area contributed by atoms with Crippen molar-refractivity contribution in [2.75, 3.05) is 6.54 Å². The minimum atomic E-state index is -0.231. The lowest BCUT2D eigenvalue weighted by atomic mass is 10.3. The fourth-order valence-electron chi connectivity index (χ4n) is 2.61. The first-order chi connectivity index (χ1) is 13.3. The summed E-state index contributed by atoms with van der Waals surface area (Å²) in [6.45, 7) is 1.66. The number of rotatable bonds is 8. The molecule has 0 atom stereocenters. The number of carbonyl (C=O) groups is 1. The number of imidazole rings is 1. The van der Waals surface area contributed by atoms with Crippen molar-refractivity contribution in [1.29, 1.82) is 0 Å². The van der Waals surface area contributed by atoms with Crippen LogP contribution in [0.3, 0.4) is 0 Å². The zero-order valence-corrected chi connectivity index (χ0v) is 15.3. The molecule has 27 heavy (non-hydrogen) atoms. The molecule has 0 radical (unpaired) electrons. The average Bonchev–Trinajstić information content (AvgIpc) is 3.43. The highest BCUT2D eigenvalue weighted by Crippen LogP contribution is 2.11. The summed E-state index contributed by atoms with van der Waals surface area (Å²) >= 11 is 1.48. The first-order valence-electron chi connectivity index (χ1n) is 8.53. The quantitative estimate of drug-likeness (QED) is 0.403. The second kappa shape index (κ2) is 8.11. The molecule has 138 valence electrons. The molecule has 3 heterocycles. The van der Waals surface area contributed by atoms with Gasteiger partial charge in [-0.15, -0.1) is 11.3 Å². The van der Waals surface area contributed by atoms with Crippen LogP contribution < -0.4 is 10.6 Å². The number of para-hydroxylation sites is 2. The Labute approximate surface area is 159 Å². The van der Waals surface area contributed by atoms with Gasteiger partial charge in [0, 0.05) is 18.3 Å². The molecule has 4 aromatic rings. The maximum Gasteiger partial charge on any atom is 0.271 e. The van der Waals surface area contributed by atoms with Crippen molar-refractivity contribution >= 4 is 28.3 Å². The molecule has 3 N–H and O–H groups in total. The van der Waals surface area contributed by atoms with Crippen LogP contribution in [0.4, 0.5) is 0 Å². The molecular formula is C18H18N6O2S. The smallest absolute Gasteiger partial charge is 0.271 e. The minimum Gasteiger partial charge on any atom is -0.447 e. The number of hydrogen-bond donors (Lipinski definition) is 3. The molecule has 8 nitrogen and oxygen atoms in total. The fourth-order valence-corrected chi connectivity index (χ4v) is 3.39. The summed E-state index contributed by atoms with van der Waals surface area (Å²) in [7, 11) is 0. The maximum absolute atomic E-state index is 12.1. The molecule has 0 aliphatic rings. The molecule has 0 bridgehead atoms. The zero-order chi connectivity index (χ0) is 18.5. The Hall–Kier alpha value is -3.04. The lowest BCUT2D eigenvalue weighted by molar-refractivity contribution is 0.0943. The van der Waals surface area contributed by atoms with E-state index >= 15 is 0 Å². The Balaban J connectivity index is 1.22. The van der Waals surface area contributed by atoms with Crippen LogP contribution in [0.15, 0.2) is 46.5 Å². The number of fused-ring (bicyclic) bond motifs is 1. The Morgan fingerprint density at radius 3 is 3.00 bits per heavy atom. The number of thiazole rings is 1. The summed E-state index contributed by atoms with van der Waals surface area (Å²) < 4.78 is 5.09. The number of benzene rings is 1. The summed E-state index contributed by atoms with van der Waals surface area (Å²) in [5.74, 6) is 1.14. The Bertz CT molecular complexity index is 991. The molecule has 4 rings (SSSR count). The zero-order valence-electron chi connectivity index (χ0n) is 14.4. The van der Waals surface area contributed by atoms with Crippen molar-refractivity contribution in [2.45, 2.75) is 19.5 Å². The van der Waals surface area contributed by atoms with Crippen LogP contribution in [0.2, 0.25) is 0 Å². The van der Waals surface area contributed by atoms with E-state index in [0.717, 1.165) is 34.8 Å². The van der Waals surface area contributed by atoms with Crippen LogP contribution in [0.1, 0.15) is 27.2 Å². The molecule has 0 spiro atoms. The summed E-state index contributed by atoms with van der Waals surface area (Å²) in [4.78, 5) is 28.2. The third kappa shape index (κ3) is 4.39. The van der Waals surface area contributed by atoms with E-state index in [1.165, 1.54) is 17.6 Å². The van der Waals surface area contributed by atoms with Gasteiger partial charge in [0.15, 0.2) is 0 Å². The molecule has 1 amide bonds. The molecular weight excluding hydrogens is 364 g/mol. The average molecular weight is 382 g/mol. The molecule has 3 aromatic heterocycles. The summed E-state index contributed by atoms with van der Waals surface area (Å²) in [6.07, 6.45) is 3.76. The summed E-state index contributed by atoms with van der Waals surface area (Å²) in [5.41, 5.74) is 2.42. The van der Waals surface area contributed by atoms with Gasteiger partial charge in [0.1, 0.15) is 17.8 Å². The minimum absolute atomic E-state index is 0.231. The summed E-state index contributed by atoms with van der Waals surface area (Å²) in [5, 5.41) is 8.76. The van der Waals surface area contributed by atoms with Gasteiger partial charge < -0.3 is 20.0 Å². The molecule has 0 saturated heterocycles. The van der Waals surface area contributed by atoms with Gasteiger partial charge in [0.25, 0.3) is 5.91 Å². The van der Waals surface area contributed by atoms with E-state index in [1.54, 1.807) is 11.6 Å². The first-order valence-corrected chi connectivity index (χ1v) is 9.41. The van der Waals surface area contributed by atoms with Crippen LogP contribution in [0.25, 0.3) is 11.0 Å². The largest absolute Gasteiger partial charge is 0.447 e. The van der Waals surface area contributed by atoms with Crippen LogP contribution in [0, 0.1) is 0 Å². The maximum atomic E-state index is 12.1. The Kier molecular flexibility index (Phi) is 5.22. The van der Waals surface area contributed by atoms with Crippen molar-refractivity contribution in [1.82, 2.24) is 30.6 Å². The normalized spacial score (nSPS) is 11.1. The topological polar surface area (TPSA) is 109 Å². The van der Waals surface area contributed by atoms with Gasteiger partial charge >= 0.3 is 0 Å². The number of nitrogens with zero attached hydrogens (tertiary/aromatic N) is 3. The number of amides is 1. The SMILES string of the molecule is O=C(NCc1ncco1)c1csc(CCNCc2nc3ccccc3[nH]2)n1. The van der Waals surface area contributed by atoms with E-state index in [9.17, 15) is 4.79 Å². The Morgan fingerprint density at radius 1 is 1.22 bits per heavy atom. The van der Waals surface area contributed by atoms with Crippen molar-refractivity contribution in [2.24, 2.45) is 0 Å². The van der Waals surface area contributed by atoms with E-state index in [0.29, 0.717) is 18.1 Å². The van der Waals surface area contributed by atoms with Crippen LogP contribution in [-0.4, -0.2) is 32.4 Å². The highest BCUT2D eigenvalue weighted by molar-refractivity contribution is 7.09. The number of H-pyrrole nitrogens is 1. The van der Waals surface area contributed by atoms with Gasteiger partial charge in [-0.05, 0) is 12.1 Å². The number of oxazole rings is 1. The summed E-state index contributed by atoms with van der Waals surface area (Å²) in [6, 6.07) is 7.95. The van der Waals surface area contributed by atoms with Gasteiger partial charge in [-0.3, -0.25) is 4.79 Å². The second-order valence-electron chi connectivity index (χ2n) is 5.86. The molecule has 0 aliphatic carbocycles. The Morgan fingerprint density at radius 2 is 2.15 bits per heavy atom. The standard InChI is InChI=1S/C18H18N6O2S/c25-18(21-10-16-20-7-8-26-16)14-11-27-17(24-14)5-6-19-9-15-22-12-3-1-2-4-13(12)23-15/h1-4,7-8,11,19H,5-6,9-10H2,(H,21,25)(H,22,23). The van der Waals surface area contributed by atoms with Gasteiger partial charge in [0.2, 0.25) is 5.89 Å². The highest BCUT2D eigenvalue weighted by Gasteiger charge is 2.11. The van der Waals surface area contributed by atoms with Crippen LogP contribution in [0.5, 0.6) is 0 Å². The van der Waals surface area contributed by atoms with E-state index in [2.05, 4.69) is 30.6 Å². The van der Waals surface area contributed by atoms with E-state index in [1.807, 2.05) is 24.3 Å². The molecule has 0 unspecified atom stereocenters. The van der Waals surface area contributed by atoms with Crippen LogP contribution in [-0.2, 0) is 19.5 Å². The molecule has 1 aromatic carbocycles. The molecule has 0 aliphatic heterocycles. The lowest BCUT2D eigenvalue weighted by Crippen LogP contribution is -2.23. The number of carbonyl (C=O) groups excluding carboxylic acids is 1. The van der Waals surface area contributed by atoms with Gasteiger partial charge in [-0.25, -0.2) is 15.0 Å². The van der Waals surface area contributed by atoms with E-state index < -0.39 is 0 Å². The predicted octanol–water partition coefficient (Wildman–Crippen LogP) is 2.27. The van der Waals surface area contributed by atoms with Gasteiger partial charge in [-0.2, -0.15) is 0 Å². The predicted molar refractivity (Wildman–Crippen MR) is 101 cm³/mol. The highest BCUT2D eigenvalue weighted by atomic mass is 32.1. The van der Waals surface area contributed by atoms with Crippen LogP contribution >= 0.6 is 11.3 Å². The number of aromatic nitrogens is 4. The van der Waals surface area contributed by atoms with E-state index in [-0.39, 0.29) is 12.5 Å². The van der Waals surface area contributed by atoms with Crippen molar-refractivity contribution in [3.63, 3.8) is 0 Å². The van der Waals surface area contributed by atoms with Crippen molar-refractivity contribution in [3.05, 3.63) is 64.5 Å². The third-order valence-corrected chi connectivity index (χ3v) is 4.82. The third-order valence-electron chi connectivity index (χ3n) is 3.91. The number of nitrogens with one attached hydrogen (secondary N) is 3. The van der Waals surface area contributed by atoms with Gasteiger partial charge in [0.05, 0.1) is 35.3 Å². The first kappa shape index (κ1) is 17.4. The molecule has 0 saturated carbocycles. The lowest BCUT2D eigenvalue weighted by Gasteiger charge is -2.01. The molecule has 0 fully saturated rings. The van der Waals surface area contributed by atoms with E-state index in [4.69, 9.17) is 4.42 Å². The fraction of sp³-hybridized carbons (Fsp3) is 0.222. The molecule has 9 heteroatoms. The second-order valence-corrected chi connectivity index (χ2v) is 6.81. The monoisotopic (exact) mass is 382 g/mol. The van der Waals surface area contributed by atoms with Crippen molar-refractivity contribution in [3.8, 4) is 0 Å². The van der Waals surface area contributed by atoms with Crippen molar-refractivity contribution < 1.29 is 9.21 Å². The number of hydrogen-bond acceptors (Lipinski definition) is 7. The number of aromatic amines is 1. The van der Waals surface area contributed by atoms with Gasteiger partial charge in [-0.1, -0.05) is 12.1 Å².